The number of amides is 2. The number of thiophene rings is 1. The summed E-state index contributed by atoms with van der Waals surface area (Å²) >= 11 is 1.45. The van der Waals surface area contributed by atoms with Crippen LogP contribution in [0.25, 0.3) is 0 Å². The molecule has 2 N–H and O–H groups in total. The van der Waals surface area contributed by atoms with Crippen molar-refractivity contribution in [2.24, 2.45) is 5.92 Å². The second-order valence-corrected chi connectivity index (χ2v) is 6.73. The van der Waals surface area contributed by atoms with Gasteiger partial charge in [-0.05, 0) is 36.6 Å². The van der Waals surface area contributed by atoms with Crippen molar-refractivity contribution in [2.45, 2.75) is 25.3 Å². The molecule has 1 aromatic heterocycles. The van der Waals surface area contributed by atoms with Crippen molar-refractivity contribution < 1.29 is 9.59 Å². The standard InChI is InChI=1S/C15H21N3O2S/c19-14(13-4-3-7-21-13)17-10-11-8-12(16-9-11)15(20)18-5-1-2-6-18/h3-4,7,11-12,16H,1-2,5-6,8-10H2,(H,17,19)/t11-,12-/m0/s1. The molecule has 2 amide bonds. The van der Waals surface area contributed by atoms with Crippen molar-refractivity contribution in [1.29, 1.82) is 0 Å². The van der Waals surface area contributed by atoms with Crippen LogP contribution >= 0.6 is 11.3 Å². The van der Waals surface area contributed by atoms with Gasteiger partial charge in [-0.3, -0.25) is 9.59 Å². The first kappa shape index (κ1) is 14.5. The zero-order valence-electron chi connectivity index (χ0n) is 12.0. The molecule has 2 fully saturated rings. The Labute approximate surface area is 128 Å². The summed E-state index contributed by atoms with van der Waals surface area (Å²) in [4.78, 5) is 26.9. The summed E-state index contributed by atoms with van der Waals surface area (Å²) in [5.74, 6) is 0.560. The summed E-state index contributed by atoms with van der Waals surface area (Å²) in [6.07, 6.45) is 3.07. The number of carbonyl (C=O) groups excluding carboxylic acids is 2. The van der Waals surface area contributed by atoms with Crippen LogP contribution in [-0.4, -0.2) is 48.9 Å². The average molecular weight is 307 g/mol. The minimum atomic E-state index is -0.0632. The van der Waals surface area contributed by atoms with E-state index in [0.29, 0.717) is 12.5 Å². The number of nitrogens with zero attached hydrogens (tertiary/aromatic N) is 1. The Hall–Kier alpha value is -1.40. The SMILES string of the molecule is O=C(NC[C@@H]1CN[C@H](C(=O)N2CCCC2)C1)c1cccs1. The van der Waals surface area contributed by atoms with E-state index < -0.39 is 0 Å². The second kappa shape index (κ2) is 6.58. The van der Waals surface area contributed by atoms with Gasteiger partial charge >= 0.3 is 0 Å². The maximum Gasteiger partial charge on any atom is 0.261 e. The molecular weight excluding hydrogens is 286 g/mol. The molecular formula is C15H21N3O2S. The van der Waals surface area contributed by atoms with Gasteiger partial charge in [0.25, 0.3) is 5.91 Å². The van der Waals surface area contributed by atoms with Gasteiger partial charge in [-0.25, -0.2) is 0 Å². The van der Waals surface area contributed by atoms with Gasteiger partial charge in [-0.15, -0.1) is 11.3 Å². The van der Waals surface area contributed by atoms with Crippen LogP contribution < -0.4 is 10.6 Å². The fourth-order valence-electron chi connectivity index (χ4n) is 3.04. The largest absolute Gasteiger partial charge is 0.351 e. The van der Waals surface area contributed by atoms with E-state index in [4.69, 9.17) is 0 Å². The summed E-state index contributed by atoms with van der Waals surface area (Å²) in [5.41, 5.74) is 0. The number of rotatable bonds is 4. The van der Waals surface area contributed by atoms with Gasteiger partial charge in [0.05, 0.1) is 10.9 Å². The monoisotopic (exact) mass is 307 g/mol. The molecule has 2 aliphatic heterocycles. The van der Waals surface area contributed by atoms with Crippen molar-refractivity contribution in [1.82, 2.24) is 15.5 Å². The first-order chi connectivity index (χ1) is 10.2. The van der Waals surface area contributed by atoms with Crippen LogP contribution in [0.15, 0.2) is 17.5 Å². The third kappa shape index (κ3) is 3.44. The minimum Gasteiger partial charge on any atom is -0.351 e. The number of likely N-dealkylation sites (tertiary alicyclic amines) is 1. The molecule has 2 atom stereocenters. The highest BCUT2D eigenvalue weighted by atomic mass is 32.1. The van der Waals surface area contributed by atoms with Crippen molar-refractivity contribution in [2.75, 3.05) is 26.2 Å². The van der Waals surface area contributed by atoms with E-state index in [1.807, 2.05) is 22.4 Å². The van der Waals surface area contributed by atoms with Crippen LogP contribution in [0.5, 0.6) is 0 Å². The van der Waals surface area contributed by atoms with E-state index >= 15 is 0 Å². The lowest BCUT2D eigenvalue weighted by Gasteiger charge is -2.19. The molecule has 6 heteroatoms. The molecule has 0 radical (unpaired) electrons. The smallest absolute Gasteiger partial charge is 0.261 e. The van der Waals surface area contributed by atoms with Crippen LogP contribution in [0.2, 0.25) is 0 Å². The molecule has 2 saturated heterocycles. The van der Waals surface area contributed by atoms with Crippen molar-refractivity contribution >= 4 is 23.2 Å². The van der Waals surface area contributed by atoms with Crippen LogP contribution in [0, 0.1) is 5.92 Å². The lowest BCUT2D eigenvalue weighted by molar-refractivity contribution is -0.132. The molecule has 21 heavy (non-hydrogen) atoms. The Kier molecular flexibility index (Phi) is 4.55. The lowest BCUT2D eigenvalue weighted by atomic mass is 10.0. The Morgan fingerprint density at radius 2 is 2.19 bits per heavy atom. The second-order valence-electron chi connectivity index (χ2n) is 5.78. The summed E-state index contributed by atoms with van der Waals surface area (Å²) in [5, 5.41) is 8.16. The predicted molar refractivity (Wildman–Crippen MR) is 82.4 cm³/mol. The van der Waals surface area contributed by atoms with Gasteiger partial charge in [0.2, 0.25) is 5.91 Å². The number of nitrogens with one attached hydrogen (secondary N) is 2. The molecule has 3 heterocycles. The molecule has 0 aliphatic carbocycles. The van der Waals surface area contributed by atoms with Gasteiger partial charge < -0.3 is 15.5 Å². The Bertz CT molecular complexity index is 497. The quantitative estimate of drug-likeness (QED) is 0.875. The summed E-state index contributed by atoms with van der Waals surface area (Å²) in [6.45, 7) is 3.23. The molecule has 0 unspecified atom stereocenters. The van der Waals surface area contributed by atoms with E-state index in [2.05, 4.69) is 10.6 Å². The zero-order chi connectivity index (χ0) is 14.7. The van der Waals surface area contributed by atoms with Crippen LogP contribution in [0.4, 0.5) is 0 Å². The molecule has 0 saturated carbocycles. The minimum absolute atomic E-state index is 0.0145. The molecule has 114 valence electrons. The highest BCUT2D eigenvalue weighted by molar-refractivity contribution is 7.12. The van der Waals surface area contributed by atoms with E-state index in [0.717, 1.165) is 43.8 Å². The van der Waals surface area contributed by atoms with E-state index in [1.54, 1.807) is 0 Å². The normalized spacial score (nSPS) is 25.2. The van der Waals surface area contributed by atoms with Gasteiger partial charge in [0.15, 0.2) is 0 Å². The first-order valence-electron chi connectivity index (χ1n) is 7.58. The highest BCUT2D eigenvalue weighted by Gasteiger charge is 2.33. The van der Waals surface area contributed by atoms with Crippen LogP contribution in [0.3, 0.4) is 0 Å². The average Bonchev–Trinajstić information content (AvgIpc) is 3.26. The highest BCUT2D eigenvalue weighted by Crippen LogP contribution is 2.18. The van der Waals surface area contributed by atoms with Crippen molar-refractivity contribution in [3.63, 3.8) is 0 Å². The van der Waals surface area contributed by atoms with E-state index in [1.165, 1.54) is 11.3 Å². The van der Waals surface area contributed by atoms with Crippen LogP contribution in [-0.2, 0) is 4.79 Å². The fourth-order valence-corrected chi connectivity index (χ4v) is 3.68. The predicted octanol–water partition coefficient (Wildman–Crippen LogP) is 1.08. The fraction of sp³-hybridized carbons (Fsp3) is 0.600. The van der Waals surface area contributed by atoms with Gasteiger partial charge in [-0.1, -0.05) is 6.07 Å². The summed E-state index contributed by atoms with van der Waals surface area (Å²) in [7, 11) is 0. The number of carbonyl (C=O) groups is 2. The molecule has 2 aliphatic rings. The van der Waals surface area contributed by atoms with Gasteiger partial charge in [-0.2, -0.15) is 0 Å². The van der Waals surface area contributed by atoms with Crippen LogP contribution in [0.1, 0.15) is 28.9 Å². The third-order valence-corrected chi connectivity index (χ3v) is 5.10. The molecule has 0 bridgehead atoms. The molecule has 0 aromatic carbocycles. The number of hydrogen-bond donors (Lipinski definition) is 2. The summed E-state index contributed by atoms with van der Waals surface area (Å²) < 4.78 is 0. The maximum absolute atomic E-state index is 12.3. The third-order valence-electron chi connectivity index (χ3n) is 4.23. The zero-order valence-corrected chi connectivity index (χ0v) is 12.8. The van der Waals surface area contributed by atoms with Gasteiger partial charge in [0.1, 0.15) is 0 Å². The Morgan fingerprint density at radius 3 is 2.90 bits per heavy atom. The molecule has 0 spiro atoms. The molecule has 3 rings (SSSR count). The Morgan fingerprint density at radius 1 is 1.38 bits per heavy atom. The molecule has 5 nitrogen and oxygen atoms in total. The summed E-state index contributed by atoms with van der Waals surface area (Å²) in [6, 6.07) is 3.64. The van der Waals surface area contributed by atoms with Crippen molar-refractivity contribution in [3.05, 3.63) is 22.4 Å². The lowest BCUT2D eigenvalue weighted by Crippen LogP contribution is -2.42. The van der Waals surface area contributed by atoms with Crippen molar-refractivity contribution in [3.8, 4) is 0 Å². The van der Waals surface area contributed by atoms with E-state index in [-0.39, 0.29) is 17.9 Å². The van der Waals surface area contributed by atoms with Gasteiger partial charge in [0, 0.05) is 26.2 Å². The van der Waals surface area contributed by atoms with E-state index in [9.17, 15) is 9.59 Å². The topological polar surface area (TPSA) is 61.4 Å². The molecule has 1 aromatic rings. The number of hydrogen-bond acceptors (Lipinski definition) is 4. The first-order valence-corrected chi connectivity index (χ1v) is 8.46. The maximum atomic E-state index is 12.3. The Balaban J connectivity index is 1.44.